The molecule has 1 amide bonds. The second-order valence-electron chi connectivity index (χ2n) is 7.61. The highest BCUT2D eigenvalue weighted by Crippen LogP contribution is 2.41. The fourth-order valence-electron chi connectivity index (χ4n) is 4.44. The molecule has 0 spiro atoms. The van der Waals surface area contributed by atoms with Crippen LogP contribution in [0.1, 0.15) is 36.0 Å². The smallest absolute Gasteiger partial charge is 0.368 e. The van der Waals surface area contributed by atoms with Gasteiger partial charge in [0.25, 0.3) is 0 Å². The number of benzene rings is 2. The Balaban J connectivity index is 1.58. The minimum Gasteiger partial charge on any atom is -0.368 e. The molecule has 3 nitrogen and oxygen atoms in total. The number of halogens is 3. The van der Waals surface area contributed by atoms with Crippen LogP contribution in [0.5, 0.6) is 0 Å². The predicted octanol–water partition coefficient (Wildman–Crippen LogP) is 4.55. The monoisotopic (exact) mass is 388 g/mol. The summed E-state index contributed by atoms with van der Waals surface area (Å²) < 4.78 is 39.5. The average molecular weight is 388 g/mol. The second kappa shape index (κ2) is 7.49. The Morgan fingerprint density at radius 2 is 1.89 bits per heavy atom. The number of alkyl halides is 3. The van der Waals surface area contributed by atoms with Gasteiger partial charge in [-0.05, 0) is 55.0 Å². The van der Waals surface area contributed by atoms with E-state index >= 15 is 0 Å². The average Bonchev–Trinajstić information content (AvgIpc) is 2.71. The summed E-state index contributed by atoms with van der Waals surface area (Å²) in [4.78, 5) is 15.1. The third-order valence-electron chi connectivity index (χ3n) is 5.82. The van der Waals surface area contributed by atoms with Gasteiger partial charge < -0.3 is 10.2 Å². The van der Waals surface area contributed by atoms with Gasteiger partial charge in [-0.15, -0.1) is 0 Å². The maximum atomic E-state index is 13.2. The predicted molar refractivity (Wildman–Crippen MR) is 102 cm³/mol. The van der Waals surface area contributed by atoms with Crippen molar-refractivity contribution in [3.8, 4) is 0 Å². The molecule has 2 aliphatic rings. The molecule has 0 radical (unpaired) electrons. The summed E-state index contributed by atoms with van der Waals surface area (Å²) in [6, 6.07) is 13.6. The van der Waals surface area contributed by atoms with Crippen LogP contribution in [0.25, 0.3) is 0 Å². The van der Waals surface area contributed by atoms with Crippen molar-refractivity contribution in [3.63, 3.8) is 0 Å². The van der Waals surface area contributed by atoms with Crippen LogP contribution in [0.15, 0.2) is 48.5 Å². The zero-order valence-electron chi connectivity index (χ0n) is 15.5. The fraction of sp³-hybridized carbons (Fsp3) is 0.409. The first-order chi connectivity index (χ1) is 13.4. The van der Waals surface area contributed by atoms with Gasteiger partial charge in [0.05, 0.1) is 11.5 Å². The summed E-state index contributed by atoms with van der Waals surface area (Å²) in [5.74, 6) is -0.413. The molecule has 2 aromatic carbocycles. The van der Waals surface area contributed by atoms with Crippen LogP contribution in [-0.4, -0.2) is 18.5 Å². The minimum atomic E-state index is -4.38. The third-order valence-corrected chi connectivity index (χ3v) is 5.82. The molecule has 0 bridgehead atoms. The molecule has 4 rings (SSSR count). The molecular formula is C22H23F3N2O. The van der Waals surface area contributed by atoms with Crippen molar-refractivity contribution < 1.29 is 18.0 Å². The maximum Gasteiger partial charge on any atom is 0.416 e. The Morgan fingerprint density at radius 3 is 2.64 bits per heavy atom. The van der Waals surface area contributed by atoms with Crippen molar-refractivity contribution in [2.24, 2.45) is 5.92 Å². The molecule has 2 atom stereocenters. The van der Waals surface area contributed by atoms with Gasteiger partial charge in [0.1, 0.15) is 0 Å². The van der Waals surface area contributed by atoms with Gasteiger partial charge in [-0.1, -0.05) is 30.3 Å². The lowest BCUT2D eigenvalue weighted by atomic mass is 9.80. The molecular weight excluding hydrogens is 365 g/mol. The summed E-state index contributed by atoms with van der Waals surface area (Å²) in [6.07, 6.45) is -1.10. The molecule has 1 fully saturated rings. The van der Waals surface area contributed by atoms with Gasteiger partial charge in [-0.25, -0.2) is 0 Å². The van der Waals surface area contributed by atoms with Gasteiger partial charge in [-0.2, -0.15) is 13.2 Å². The number of fused-ring (bicyclic) bond motifs is 3. The summed E-state index contributed by atoms with van der Waals surface area (Å²) in [7, 11) is 0. The minimum absolute atomic E-state index is 0.0498. The standard InChI is InChI=1S/C22H23F3N2O/c23-22(24,25)17-9-10-19-16(12-17)13-18(20-8-4-5-11-27(19)20)21(28)26-14-15-6-2-1-3-7-15/h1-3,6-7,9-10,12,18,20H,4-5,8,11,13-14H2,(H,26,28)/t18-,20-/m1/s1. The van der Waals surface area contributed by atoms with Crippen molar-refractivity contribution in [2.45, 2.75) is 44.4 Å². The van der Waals surface area contributed by atoms with Gasteiger partial charge in [0.2, 0.25) is 5.91 Å². The lowest BCUT2D eigenvalue weighted by Crippen LogP contribution is -2.53. The molecule has 0 unspecified atom stereocenters. The van der Waals surface area contributed by atoms with Gasteiger partial charge in [0, 0.05) is 24.8 Å². The molecule has 0 aromatic heterocycles. The number of carbonyl (C=O) groups is 1. The van der Waals surface area contributed by atoms with E-state index in [-0.39, 0.29) is 17.9 Å². The largest absolute Gasteiger partial charge is 0.416 e. The number of hydrogen-bond donors (Lipinski definition) is 1. The van der Waals surface area contributed by atoms with Crippen LogP contribution in [0.2, 0.25) is 0 Å². The molecule has 28 heavy (non-hydrogen) atoms. The normalized spacial score (nSPS) is 21.6. The van der Waals surface area contributed by atoms with Crippen molar-refractivity contribution >= 4 is 11.6 Å². The summed E-state index contributed by atoms with van der Waals surface area (Å²) in [5, 5.41) is 2.99. The van der Waals surface area contributed by atoms with E-state index in [2.05, 4.69) is 10.2 Å². The Bertz CT molecular complexity index is 851. The zero-order chi connectivity index (χ0) is 19.7. The highest BCUT2D eigenvalue weighted by molar-refractivity contribution is 5.82. The van der Waals surface area contributed by atoms with Crippen LogP contribution in [0.3, 0.4) is 0 Å². The highest BCUT2D eigenvalue weighted by Gasteiger charge is 2.40. The van der Waals surface area contributed by atoms with Crippen LogP contribution in [0.4, 0.5) is 18.9 Å². The number of amides is 1. The van der Waals surface area contributed by atoms with Gasteiger partial charge in [0.15, 0.2) is 0 Å². The summed E-state index contributed by atoms with van der Waals surface area (Å²) >= 11 is 0. The first-order valence-electron chi connectivity index (χ1n) is 9.72. The second-order valence-corrected chi connectivity index (χ2v) is 7.61. The molecule has 0 aliphatic carbocycles. The molecule has 1 saturated heterocycles. The van der Waals surface area contributed by atoms with Crippen molar-refractivity contribution in [3.05, 3.63) is 65.2 Å². The molecule has 2 aliphatic heterocycles. The Hall–Kier alpha value is -2.50. The maximum absolute atomic E-state index is 13.2. The molecule has 148 valence electrons. The molecule has 0 saturated carbocycles. The van der Waals surface area contributed by atoms with Crippen molar-refractivity contribution in [2.75, 3.05) is 11.4 Å². The fourth-order valence-corrected chi connectivity index (χ4v) is 4.44. The van der Waals surface area contributed by atoms with Gasteiger partial charge in [-0.3, -0.25) is 4.79 Å². The van der Waals surface area contributed by atoms with E-state index in [9.17, 15) is 18.0 Å². The number of rotatable bonds is 3. The van der Waals surface area contributed by atoms with Gasteiger partial charge >= 0.3 is 6.18 Å². The van der Waals surface area contributed by atoms with Crippen LogP contribution in [0, 0.1) is 5.92 Å². The van der Waals surface area contributed by atoms with E-state index in [1.165, 1.54) is 6.07 Å². The highest BCUT2D eigenvalue weighted by atomic mass is 19.4. The van der Waals surface area contributed by atoms with E-state index < -0.39 is 11.7 Å². The number of anilines is 1. The number of piperidine rings is 1. The topological polar surface area (TPSA) is 32.3 Å². The van der Waals surface area contributed by atoms with Crippen LogP contribution >= 0.6 is 0 Å². The molecule has 6 heteroatoms. The summed E-state index contributed by atoms with van der Waals surface area (Å²) in [5.41, 5.74) is 1.83. The lowest BCUT2D eigenvalue weighted by molar-refractivity contribution is -0.137. The van der Waals surface area contributed by atoms with Crippen LogP contribution < -0.4 is 10.2 Å². The molecule has 1 N–H and O–H groups in total. The van der Waals surface area contributed by atoms with E-state index in [0.29, 0.717) is 18.5 Å². The molecule has 2 heterocycles. The lowest BCUT2D eigenvalue weighted by Gasteiger charge is -2.46. The first kappa shape index (κ1) is 18.8. The van der Waals surface area contributed by atoms with E-state index in [0.717, 1.165) is 43.1 Å². The Labute approximate surface area is 162 Å². The first-order valence-corrected chi connectivity index (χ1v) is 9.72. The van der Waals surface area contributed by atoms with E-state index in [1.807, 2.05) is 30.3 Å². The number of nitrogens with one attached hydrogen (secondary N) is 1. The Morgan fingerprint density at radius 1 is 1.11 bits per heavy atom. The van der Waals surface area contributed by atoms with E-state index in [4.69, 9.17) is 0 Å². The number of carbonyl (C=O) groups excluding carboxylic acids is 1. The SMILES string of the molecule is O=C(NCc1ccccc1)[C@@H]1Cc2cc(C(F)(F)F)ccc2N2CCCC[C@H]12. The number of hydrogen-bond acceptors (Lipinski definition) is 2. The van der Waals surface area contributed by atoms with Crippen molar-refractivity contribution in [1.29, 1.82) is 0 Å². The third kappa shape index (κ3) is 3.73. The van der Waals surface area contributed by atoms with Crippen molar-refractivity contribution in [1.82, 2.24) is 5.32 Å². The van der Waals surface area contributed by atoms with E-state index in [1.54, 1.807) is 6.07 Å². The number of nitrogens with zero attached hydrogens (tertiary/aromatic N) is 1. The summed E-state index contributed by atoms with van der Waals surface area (Å²) in [6.45, 7) is 1.21. The zero-order valence-corrected chi connectivity index (χ0v) is 15.5. The quantitative estimate of drug-likeness (QED) is 0.837. The Kier molecular flexibility index (Phi) is 5.04. The molecule has 2 aromatic rings. The van der Waals surface area contributed by atoms with Crippen LogP contribution in [-0.2, 0) is 23.9 Å².